The predicted molar refractivity (Wildman–Crippen MR) is 67.4 cm³/mol. The molecular formula is C13H13ClN2O2. The van der Waals surface area contributed by atoms with Crippen LogP contribution in [0.3, 0.4) is 0 Å². The van der Waals surface area contributed by atoms with Crippen molar-refractivity contribution in [1.29, 1.82) is 5.26 Å². The van der Waals surface area contributed by atoms with Gasteiger partial charge in [0, 0.05) is 17.1 Å². The van der Waals surface area contributed by atoms with E-state index >= 15 is 0 Å². The molecule has 1 aromatic carbocycles. The van der Waals surface area contributed by atoms with Crippen LogP contribution in [-0.2, 0) is 4.79 Å². The number of carbonyl (C=O) groups excluding carboxylic acids is 1. The first-order valence-corrected chi connectivity index (χ1v) is 6.14. The standard InChI is InChI=1S/C13H13ClN2O2/c1-8(13(17)16-11-4-5-11)18-12-6-10(14)3-2-9(12)7-15/h2-3,6,8,11H,4-5H2,1H3,(H,16,17). The van der Waals surface area contributed by atoms with Crippen molar-refractivity contribution in [3.05, 3.63) is 28.8 Å². The molecule has 1 aliphatic rings. The molecule has 18 heavy (non-hydrogen) atoms. The lowest BCUT2D eigenvalue weighted by Gasteiger charge is -2.15. The highest BCUT2D eigenvalue weighted by Crippen LogP contribution is 2.24. The van der Waals surface area contributed by atoms with Crippen LogP contribution in [0.2, 0.25) is 5.02 Å². The Morgan fingerprint density at radius 1 is 1.61 bits per heavy atom. The summed E-state index contributed by atoms with van der Waals surface area (Å²) in [6, 6.07) is 7.02. The lowest BCUT2D eigenvalue weighted by atomic mass is 10.2. The molecule has 1 saturated carbocycles. The quantitative estimate of drug-likeness (QED) is 0.907. The summed E-state index contributed by atoms with van der Waals surface area (Å²) >= 11 is 5.84. The fourth-order valence-electron chi connectivity index (χ4n) is 1.48. The number of nitrogens with zero attached hydrogens (tertiary/aromatic N) is 1. The molecule has 1 aliphatic carbocycles. The second-order valence-corrected chi connectivity index (χ2v) is 4.73. The van der Waals surface area contributed by atoms with E-state index < -0.39 is 6.10 Å². The lowest BCUT2D eigenvalue weighted by molar-refractivity contribution is -0.127. The Bertz CT molecular complexity index is 506. The van der Waals surface area contributed by atoms with Gasteiger partial charge < -0.3 is 10.1 Å². The molecule has 1 unspecified atom stereocenters. The van der Waals surface area contributed by atoms with E-state index in [2.05, 4.69) is 5.32 Å². The lowest BCUT2D eigenvalue weighted by Crippen LogP contribution is -2.37. The molecule has 1 fully saturated rings. The molecule has 0 spiro atoms. The normalized spacial score (nSPS) is 15.6. The van der Waals surface area contributed by atoms with Crippen molar-refractivity contribution in [3.63, 3.8) is 0 Å². The van der Waals surface area contributed by atoms with Crippen molar-refractivity contribution >= 4 is 17.5 Å². The van der Waals surface area contributed by atoms with Gasteiger partial charge in [0.1, 0.15) is 11.8 Å². The summed E-state index contributed by atoms with van der Waals surface area (Å²) in [4.78, 5) is 11.7. The average Bonchev–Trinajstić information content (AvgIpc) is 3.13. The molecule has 0 saturated heterocycles. The minimum atomic E-state index is -0.642. The molecule has 5 heteroatoms. The first-order valence-electron chi connectivity index (χ1n) is 5.77. The van der Waals surface area contributed by atoms with E-state index in [0.717, 1.165) is 12.8 Å². The molecule has 1 atom stereocenters. The van der Waals surface area contributed by atoms with Crippen LogP contribution in [0.1, 0.15) is 25.3 Å². The minimum Gasteiger partial charge on any atom is -0.479 e. The number of nitriles is 1. The van der Waals surface area contributed by atoms with Crippen molar-refractivity contribution in [3.8, 4) is 11.8 Å². The highest BCUT2D eigenvalue weighted by molar-refractivity contribution is 6.30. The van der Waals surface area contributed by atoms with Gasteiger partial charge in [-0.25, -0.2) is 0 Å². The van der Waals surface area contributed by atoms with E-state index in [0.29, 0.717) is 22.4 Å². The minimum absolute atomic E-state index is 0.165. The van der Waals surface area contributed by atoms with E-state index in [1.807, 2.05) is 6.07 Å². The SMILES string of the molecule is CC(Oc1cc(Cl)ccc1C#N)C(=O)NC1CC1. The van der Waals surface area contributed by atoms with Crippen LogP contribution in [-0.4, -0.2) is 18.1 Å². The molecule has 1 amide bonds. The molecule has 0 aliphatic heterocycles. The van der Waals surface area contributed by atoms with Crippen LogP contribution in [0, 0.1) is 11.3 Å². The predicted octanol–water partition coefficient (Wildman–Crippen LogP) is 2.26. The Balaban J connectivity index is 2.05. The third-order valence-corrected chi connectivity index (χ3v) is 2.90. The maximum atomic E-state index is 11.7. The van der Waals surface area contributed by atoms with Crippen LogP contribution < -0.4 is 10.1 Å². The molecule has 1 aromatic rings. The number of nitrogens with one attached hydrogen (secondary N) is 1. The highest BCUT2D eigenvalue weighted by Gasteiger charge is 2.26. The van der Waals surface area contributed by atoms with Crippen LogP contribution in [0.4, 0.5) is 0 Å². The molecule has 0 heterocycles. The Labute approximate surface area is 111 Å². The Morgan fingerprint density at radius 2 is 2.33 bits per heavy atom. The highest BCUT2D eigenvalue weighted by atomic mass is 35.5. The second-order valence-electron chi connectivity index (χ2n) is 4.30. The van der Waals surface area contributed by atoms with Gasteiger partial charge in [0.15, 0.2) is 6.10 Å². The second kappa shape index (κ2) is 5.28. The zero-order valence-electron chi connectivity index (χ0n) is 9.94. The van der Waals surface area contributed by atoms with Gasteiger partial charge in [0.2, 0.25) is 0 Å². The van der Waals surface area contributed by atoms with Crippen molar-refractivity contribution in [1.82, 2.24) is 5.32 Å². The smallest absolute Gasteiger partial charge is 0.260 e. The van der Waals surface area contributed by atoms with E-state index in [9.17, 15) is 4.79 Å². The van der Waals surface area contributed by atoms with Gasteiger partial charge in [-0.2, -0.15) is 5.26 Å². The zero-order valence-corrected chi connectivity index (χ0v) is 10.7. The monoisotopic (exact) mass is 264 g/mol. The number of amides is 1. The van der Waals surface area contributed by atoms with Gasteiger partial charge in [-0.15, -0.1) is 0 Å². The summed E-state index contributed by atoms with van der Waals surface area (Å²) in [6.07, 6.45) is 1.41. The molecule has 1 N–H and O–H groups in total. The maximum Gasteiger partial charge on any atom is 0.260 e. The number of carbonyl (C=O) groups is 1. The van der Waals surface area contributed by atoms with Gasteiger partial charge in [-0.3, -0.25) is 4.79 Å². The number of hydrogen-bond acceptors (Lipinski definition) is 3. The summed E-state index contributed by atoms with van der Waals surface area (Å²) in [6.45, 7) is 1.65. The summed E-state index contributed by atoms with van der Waals surface area (Å²) in [7, 11) is 0. The number of benzene rings is 1. The van der Waals surface area contributed by atoms with Crippen LogP contribution in [0.15, 0.2) is 18.2 Å². The topological polar surface area (TPSA) is 62.1 Å². The summed E-state index contributed by atoms with van der Waals surface area (Å²) in [5, 5.41) is 12.3. The van der Waals surface area contributed by atoms with Gasteiger partial charge in [0.05, 0.1) is 5.56 Å². The summed E-state index contributed by atoms with van der Waals surface area (Å²) in [5.41, 5.74) is 0.366. The molecule has 94 valence electrons. The molecule has 0 aromatic heterocycles. The summed E-state index contributed by atoms with van der Waals surface area (Å²) < 4.78 is 5.49. The fraction of sp³-hybridized carbons (Fsp3) is 0.385. The van der Waals surface area contributed by atoms with Gasteiger partial charge in [0.25, 0.3) is 5.91 Å². The number of rotatable bonds is 4. The zero-order chi connectivity index (χ0) is 13.1. The molecular weight excluding hydrogens is 252 g/mol. The average molecular weight is 265 g/mol. The van der Waals surface area contributed by atoms with Crippen LogP contribution in [0.5, 0.6) is 5.75 Å². The largest absolute Gasteiger partial charge is 0.479 e. The molecule has 0 bridgehead atoms. The van der Waals surface area contributed by atoms with E-state index in [4.69, 9.17) is 21.6 Å². The maximum absolute atomic E-state index is 11.7. The van der Waals surface area contributed by atoms with Gasteiger partial charge in [-0.1, -0.05) is 11.6 Å². The Morgan fingerprint density at radius 3 is 2.94 bits per heavy atom. The van der Waals surface area contributed by atoms with Crippen LogP contribution >= 0.6 is 11.6 Å². The van der Waals surface area contributed by atoms with Crippen molar-refractivity contribution in [2.75, 3.05) is 0 Å². The van der Waals surface area contributed by atoms with E-state index in [1.165, 1.54) is 0 Å². The van der Waals surface area contributed by atoms with Crippen LogP contribution in [0.25, 0.3) is 0 Å². The number of hydrogen-bond donors (Lipinski definition) is 1. The first-order chi connectivity index (χ1) is 8.60. The summed E-state index contributed by atoms with van der Waals surface area (Å²) in [5.74, 6) is 0.171. The van der Waals surface area contributed by atoms with Gasteiger partial charge in [-0.05, 0) is 31.9 Å². The van der Waals surface area contributed by atoms with E-state index in [1.54, 1.807) is 25.1 Å². The third kappa shape index (κ3) is 3.14. The van der Waals surface area contributed by atoms with Gasteiger partial charge >= 0.3 is 0 Å². The number of halogens is 1. The Kier molecular flexibility index (Phi) is 3.73. The molecule has 2 rings (SSSR count). The van der Waals surface area contributed by atoms with Crippen molar-refractivity contribution in [2.24, 2.45) is 0 Å². The van der Waals surface area contributed by atoms with E-state index in [-0.39, 0.29) is 5.91 Å². The van der Waals surface area contributed by atoms with Crippen molar-refractivity contribution < 1.29 is 9.53 Å². The number of ether oxygens (including phenoxy) is 1. The molecule has 4 nitrogen and oxygen atoms in total. The van der Waals surface area contributed by atoms with Crippen molar-refractivity contribution in [2.45, 2.75) is 31.9 Å². The molecule has 0 radical (unpaired) electrons. The third-order valence-electron chi connectivity index (χ3n) is 2.66. The fourth-order valence-corrected chi connectivity index (χ4v) is 1.64. The Hall–Kier alpha value is -1.73. The first kappa shape index (κ1) is 12.7.